The van der Waals surface area contributed by atoms with Crippen molar-refractivity contribution in [3.05, 3.63) is 36.3 Å². The summed E-state index contributed by atoms with van der Waals surface area (Å²) in [5.74, 6) is -0.269. The third-order valence-electron chi connectivity index (χ3n) is 1.66. The lowest BCUT2D eigenvalue weighted by molar-refractivity contribution is 0.629. The molecule has 12 heavy (non-hydrogen) atoms. The number of pyridine rings is 1. The summed E-state index contributed by atoms with van der Waals surface area (Å²) in [5, 5.41) is 0.731. The van der Waals surface area contributed by atoms with E-state index in [1.165, 1.54) is 12.1 Å². The number of hydrogen-bond donors (Lipinski definition) is 0. The summed E-state index contributed by atoms with van der Waals surface area (Å²) >= 11 is 0. The first kappa shape index (κ1) is 7.28. The minimum Gasteiger partial charge on any atom is -0.257 e. The van der Waals surface area contributed by atoms with Crippen LogP contribution in [0, 0.1) is 5.82 Å². The highest BCUT2D eigenvalue weighted by atomic mass is 19.1. The third-order valence-corrected chi connectivity index (χ3v) is 1.66. The van der Waals surface area contributed by atoms with E-state index in [1.807, 2.05) is 0 Å². The summed E-state index contributed by atoms with van der Waals surface area (Å²) in [6, 6.07) is 6.12. The van der Waals surface area contributed by atoms with Crippen molar-refractivity contribution in [1.29, 1.82) is 0 Å². The van der Waals surface area contributed by atoms with Crippen LogP contribution in [0.4, 0.5) is 4.39 Å². The van der Waals surface area contributed by atoms with Crippen LogP contribution in [0.25, 0.3) is 10.9 Å². The lowest BCUT2D eigenvalue weighted by atomic mass is 9.97. The van der Waals surface area contributed by atoms with Crippen molar-refractivity contribution >= 4 is 24.2 Å². The second-order valence-electron chi connectivity index (χ2n) is 2.61. The van der Waals surface area contributed by atoms with Gasteiger partial charge in [0.15, 0.2) is 0 Å². The molecule has 0 bridgehead atoms. The SMILES string of the molecule is [B]c1cnc2ccc(F)cc2c1. The van der Waals surface area contributed by atoms with E-state index >= 15 is 0 Å². The van der Waals surface area contributed by atoms with Gasteiger partial charge in [0.1, 0.15) is 13.7 Å². The summed E-state index contributed by atoms with van der Waals surface area (Å²) in [6.07, 6.45) is 1.56. The largest absolute Gasteiger partial charge is 0.257 e. The van der Waals surface area contributed by atoms with Crippen LogP contribution in [0.2, 0.25) is 0 Å². The van der Waals surface area contributed by atoms with Crippen molar-refractivity contribution in [3.8, 4) is 0 Å². The molecule has 1 heterocycles. The van der Waals surface area contributed by atoms with Crippen molar-refractivity contribution in [2.75, 3.05) is 0 Å². The van der Waals surface area contributed by atoms with Crippen LogP contribution in [0.15, 0.2) is 30.5 Å². The molecule has 0 spiro atoms. The van der Waals surface area contributed by atoms with Gasteiger partial charge in [0.25, 0.3) is 0 Å². The van der Waals surface area contributed by atoms with Crippen molar-refractivity contribution in [1.82, 2.24) is 4.98 Å². The topological polar surface area (TPSA) is 12.9 Å². The highest BCUT2D eigenvalue weighted by Gasteiger charge is 1.95. The van der Waals surface area contributed by atoms with E-state index in [0.717, 1.165) is 10.9 Å². The summed E-state index contributed by atoms with van der Waals surface area (Å²) in [4.78, 5) is 4.03. The molecular formula is C9H5BFN. The molecule has 1 nitrogen and oxygen atoms in total. The van der Waals surface area contributed by atoms with E-state index < -0.39 is 0 Å². The number of rotatable bonds is 0. The molecule has 0 atom stereocenters. The summed E-state index contributed by atoms with van der Waals surface area (Å²) in [6.45, 7) is 0. The molecule has 0 aliphatic rings. The van der Waals surface area contributed by atoms with E-state index in [2.05, 4.69) is 4.98 Å². The number of nitrogens with zero attached hydrogens (tertiary/aromatic N) is 1. The first-order valence-electron chi connectivity index (χ1n) is 3.56. The molecule has 0 aliphatic heterocycles. The van der Waals surface area contributed by atoms with Gasteiger partial charge in [0.2, 0.25) is 0 Å². The number of aromatic nitrogens is 1. The Morgan fingerprint density at radius 1 is 1.25 bits per heavy atom. The lowest BCUT2D eigenvalue weighted by Gasteiger charge is -1.97. The normalized spacial score (nSPS) is 10.4. The quantitative estimate of drug-likeness (QED) is 0.523. The van der Waals surface area contributed by atoms with Crippen LogP contribution in [-0.2, 0) is 0 Å². The van der Waals surface area contributed by atoms with Crippen LogP contribution in [0.5, 0.6) is 0 Å². The van der Waals surface area contributed by atoms with Crippen LogP contribution in [-0.4, -0.2) is 12.8 Å². The van der Waals surface area contributed by atoms with E-state index in [0.29, 0.717) is 5.46 Å². The molecule has 2 rings (SSSR count). The number of benzene rings is 1. The second-order valence-corrected chi connectivity index (χ2v) is 2.61. The summed E-state index contributed by atoms with van der Waals surface area (Å²) < 4.78 is 12.7. The molecule has 1 aromatic heterocycles. The smallest absolute Gasteiger partial charge is 0.123 e. The van der Waals surface area contributed by atoms with Gasteiger partial charge in [0.05, 0.1) is 5.52 Å². The van der Waals surface area contributed by atoms with Crippen LogP contribution < -0.4 is 5.46 Å². The van der Waals surface area contributed by atoms with Crippen molar-refractivity contribution in [3.63, 3.8) is 0 Å². The zero-order valence-corrected chi connectivity index (χ0v) is 6.29. The van der Waals surface area contributed by atoms with E-state index in [9.17, 15) is 4.39 Å². The average Bonchev–Trinajstić information content (AvgIpc) is 2.03. The Balaban J connectivity index is 2.80. The number of fused-ring (bicyclic) bond motifs is 1. The van der Waals surface area contributed by atoms with Gasteiger partial charge in [-0.3, -0.25) is 4.98 Å². The highest BCUT2D eigenvalue weighted by Crippen LogP contribution is 2.10. The second kappa shape index (κ2) is 2.59. The van der Waals surface area contributed by atoms with Crippen LogP contribution in [0.3, 0.4) is 0 Å². The summed E-state index contributed by atoms with van der Waals surface area (Å²) in [5.41, 5.74) is 1.30. The third kappa shape index (κ3) is 1.18. The fraction of sp³-hybridized carbons (Fsp3) is 0. The molecule has 0 saturated carbocycles. The molecule has 3 heteroatoms. The monoisotopic (exact) mass is 157 g/mol. The fourth-order valence-corrected chi connectivity index (χ4v) is 1.12. The van der Waals surface area contributed by atoms with Crippen molar-refractivity contribution in [2.24, 2.45) is 0 Å². The number of hydrogen-bond acceptors (Lipinski definition) is 1. The van der Waals surface area contributed by atoms with Gasteiger partial charge in [-0.2, -0.15) is 0 Å². The molecule has 56 valence electrons. The van der Waals surface area contributed by atoms with Crippen molar-refractivity contribution < 1.29 is 4.39 Å². The van der Waals surface area contributed by atoms with Crippen LogP contribution in [0.1, 0.15) is 0 Å². The Morgan fingerprint density at radius 3 is 2.92 bits per heavy atom. The molecular weight excluding hydrogens is 152 g/mol. The Morgan fingerprint density at radius 2 is 2.08 bits per heavy atom. The van der Waals surface area contributed by atoms with Gasteiger partial charge >= 0.3 is 0 Å². The first-order chi connectivity index (χ1) is 5.75. The average molecular weight is 157 g/mol. The zero-order chi connectivity index (χ0) is 8.55. The van der Waals surface area contributed by atoms with Gasteiger partial charge in [-0.1, -0.05) is 11.5 Å². The molecule has 0 amide bonds. The van der Waals surface area contributed by atoms with Crippen LogP contribution >= 0.6 is 0 Å². The number of halogens is 1. The molecule has 1 aromatic carbocycles. The minimum atomic E-state index is -0.269. The molecule has 0 saturated heterocycles. The Hall–Kier alpha value is -1.38. The highest BCUT2D eigenvalue weighted by molar-refractivity contribution is 6.32. The zero-order valence-electron chi connectivity index (χ0n) is 6.29. The van der Waals surface area contributed by atoms with E-state index in [1.54, 1.807) is 18.3 Å². The fourth-order valence-electron chi connectivity index (χ4n) is 1.12. The van der Waals surface area contributed by atoms with Gasteiger partial charge in [0, 0.05) is 11.6 Å². The first-order valence-corrected chi connectivity index (χ1v) is 3.56. The Labute approximate surface area is 70.7 Å². The van der Waals surface area contributed by atoms with Gasteiger partial charge in [-0.25, -0.2) is 4.39 Å². The Bertz CT molecular complexity index is 391. The summed E-state index contributed by atoms with van der Waals surface area (Å²) in [7, 11) is 5.49. The molecule has 2 radical (unpaired) electrons. The maximum atomic E-state index is 12.7. The molecule has 0 unspecified atom stereocenters. The van der Waals surface area contributed by atoms with E-state index in [4.69, 9.17) is 7.85 Å². The maximum Gasteiger partial charge on any atom is 0.123 e. The maximum absolute atomic E-state index is 12.7. The molecule has 0 fully saturated rings. The standard InChI is InChI=1S/C9H5BFN/c10-7-3-6-4-8(11)1-2-9(6)12-5-7/h1-5H. The predicted octanol–water partition coefficient (Wildman–Crippen LogP) is 1.17. The predicted molar refractivity (Wildman–Crippen MR) is 47.1 cm³/mol. The van der Waals surface area contributed by atoms with Gasteiger partial charge in [-0.05, 0) is 18.2 Å². The van der Waals surface area contributed by atoms with Crippen molar-refractivity contribution in [2.45, 2.75) is 0 Å². The molecule has 0 aliphatic carbocycles. The van der Waals surface area contributed by atoms with E-state index in [-0.39, 0.29) is 5.82 Å². The van der Waals surface area contributed by atoms with Gasteiger partial charge < -0.3 is 0 Å². The minimum absolute atomic E-state index is 0.269. The molecule has 0 N–H and O–H groups in total. The molecule has 2 aromatic rings. The van der Waals surface area contributed by atoms with Gasteiger partial charge in [-0.15, -0.1) is 0 Å². The lowest BCUT2D eigenvalue weighted by Crippen LogP contribution is -2.02. The Kier molecular flexibility index (Phi) is 1.57.